The molecule has 0 radical (unpaired) electrons. The third-order valence-electron chi connectivity index (χ3n) is 3.14. The number of benzene rings is 1. The SMILES string of the molecule is O=c1[nH]cc(-c2ccccc2)c2c1COCC2. The van der Waals surface area contributed by atoms with E-state index in [0.29, 0.717) is 13.2 Å². The third-order valence-corrected chi connectivity index (χ3v) is 3.14. The number of hydrogen-bond acceptors (Lipinski definition) is 2. The van der Waals surface area contributed by atoms with Crippen molar-refractivity contribution in [2.45, 2.75) is 13.0 Å². The van der Waals surface area contributed by atoms with Crippen molar-refractivity contribution in [1.29, 1.82) is 0 Å². The number of rotatable bonds is 1. The highest BCUT2D eigenvalue weighted by Gasteiger charge is 2.17. The van der Waals surface area contributed by atoms with Gasteiger partial charge in [0.05, 0.1) is 13.2 Å². The zero-order chi connectivity index (χ0) is 11.7. The topological polar surface area (TPSA) is 42.1 Å². The maximum Gasteiger partial charge on any atom is 0.253 e. The Morgan fingerprint density at radius 3 is 2.76 bits per heavy atom. The van der Waals surface area contributed by atoms with Crippen LogP contribution >= 0.6 is 0 Å². The van der Waals surface area contributed by atoms with E-state index in [1.54, 1.807) is 0 Å². The number of H-pyrrole nitrogens is 1. The highest BCUT2D eigenvalue weighted by Crippen LogP contribution is 2.26. The van der Waals surface area contributed by atoms with E-state index in [4.69, 9.17) is 4.74 Å². The minimum atomic E-state index is -0.0284. The van der Waals surface area contributed by atoms with Gasteiger partial charge >= 0.3 is 0 Å². The minimum absolute atomic E-state index is 0.0284. The van der Waals surface area contributed by atoms with Crippen LogP contribution in [0.5, 0.6) is 0 Å². The molecule has 3 nitrogen and oxygen atoms in total. The van der Waals surface area contributed by atoms with E-state index in [0.717, 1.165) is 28.7 Å². The van der Waals surface area contributed by atoms with Gasteiger partial charge in [0.15, 0.2) is 0 Å². The highest BCUT2D eigenvalue weighted by molar-refractivity contribution is 5.67. The van der Waals surface area contributed by atoms with Crippen LogP contribution in [0.3, 0.4) is 0 Å². The molecule has 1 aliphatic rings. The van der Waals surface area contributed by atoms with E-state index < -0.39 is 0 Å². The molecule has 0 atom stereocenters. The van der Waals surface area contributed by atoms with Crippen molar-refractivity contribution in [1.82, 2.24) is 4.98 Å². The molecule has 0 amide bonds. The Morgan fingerprint density at radius 2 is 1.94 bits per heavy atom. The zero-order valence-electron chi connectivity index (χ0n) is 9.40. The average Bonchev–Trinajstić information content (AvgIpc) is 2.41. The summed E-state index contributed by atoms with van der Waals surface area (Å²) < 4.78 is 5.35. The molecule has 86 valence electrons. The van der Waals surface area contributed by atoms with Gasteiger partial charge in [0.1, 0.15) is 0 Å². The lowest BCUT2D eigenvalue weighted by Gasteiger charge is -2.18. The number of ether oxygens (including phenoxy) is 1. The van der Waals surface area contributed by atoms with Gasteiger partial charge in [0, 0.05) is 17.3 Å². The van der Waals surface area contributed by atoms with Crippen molar-refractivity contribution in [2.75, 3.05) is 6.61 Å². The Morgan fingerprint density at radius 1 is 1.12 bits per heavy atom. The summed E-state index contributed by atoms with van der Waals surface area (Å²) in [5.74, 6) is 0. The first-order valence-electron chi connectivity index (χ1n) is 5.73. The molecule has 0 fully saturated rings. The molecule has 1 N–H and O–H groups in total. The third kappa shape index (κ3) is 1.78. The van der Waals surface area contributed by atoms with Crippen LogP contribution in [-0.4, -0.2) is 11.6 Å². The van der Waals surface area contributed by atoms with E-state index in [1.165, 1.54) is 0 Å². The summed E-state index contributed by atoms with van der Waals surface area (Å²) in [6, 6.07) is 10.1. The van der Waals surface area contributed by atoms with Crippen molar-refractivity contribution in [2.24, 2.45) is 0 Å². The standard InChI is InChI=1S/C14H13NO2/c16-14-13-9-17-7-6-11(13)12(8-15-14)10-4-2-1-3-5-10/h1-5,8H,6-7,9H2,(H,15,16). The molecule has 2 aromatic rings. The van der Waals surface area contributed by atoms with E-state index in [-0.39, 0.29) is 5.56 Å². The highest BCUT2D eigenvalue weighted by atomic mass is 16.5. The summed E-state index contributed by atoms with van der Waals surface area (Å²) in [6.45, 7) is 1.11. The molecule has 0 saturated carbocycles. The molecule has 0 saturated heterocycles. The first kappa shape index (κ1) is 10.3. The van der Waals surface area contributed by atoms with Crippen LogP contribution in [0.2, 0.25) is 0 Å². The number of nitrogens with one attached hydrogen (secondary N) is 1. The number of hydrogen-bond donors (Lipinski definition) is 1. The van der Waals surface area contributed by atoms with Crippen LogP contribution in [0.1, 0.15) is 11.1 Å². The fourth-order valence-corrected chi connectivity index (χ4v) is 2.27. The van der Waals surface area contributed by atoms with Crippen LogP contribution < -0.4 is 5.56 Å². The average molecular weight is 227 g/mol. The molecule has 1 aromatic carbocycles. The number of pyridine rings is 1. The van der Waals surface area contributed by atoms with Crippen LogP contribution in [0.4, 0.5) is 0 Å². The summed E-state index contributed by atoms with van der Waals surface area (Å²) in [4.78, 5) is 14.5. The summed E-state index contributed by atoms with van der Waals surface area (Å²) in [5, 5.41) is 0. The predicted molar refractivity (Wildman–Crippen MR) is 65.9 cm³/mol. The van der Waals surface area contributed by atoms with E-state index in [2.05, 4.69) is 17.1 Å². The summed E-state index contributed by atoms with van der Waals surface area (Å²) in [5.41, 5.74) is 4.13. The number of aromatic nitrogens is 1. The smallest absolute Gasteiger partial charge is 0.253 e. The lowest BCUT2D eigenvalue weighted by atomic mass is 9.95. The molecular weight excluding hydrogens is 214 g/mol. The molecule has 0 unspecified atom stereocenters. The molecule has 1 aliphatic heterocycles. The summed E-state index contributed by atoms with van der Waals surface area (Å²) >= 11 is 0. The predicted octanol–water partition coefficient (Wildman–Crippen LogP) is 2.11. The summed E-state index contributed by atoms with van der Waals surface area (Å²) in [6.07, 6.45) is 2.62. The van der Waals surface area contributed by atoms with Gasteiger partial charge in [-0.3, -0.25) is 4.79 Å². The fourth-order valence-electron chi connectivity index (χ4n) is 2.27. The molecule has 2 heterocycles. The maximum atomic E-state index is 11.7. The Bertz CT molecular complexity index is 587. The number of fused-ring (bicyclic) bond motifs is 1. The lowest BCUT2D eigenvalue weighted by Crippen LogP contribution is -2.22. The van der Waals surface area contributed by atoms with E-state index >= 15 is 0 Å². The molecule has 1 aromatic heterocycles. The Labute approximate surface area is 99.1 Å². The second-order valence-corrected chi connectivity index (χ2v) is 4.16. The largest absolute Gasteiger partial charge is 0.376 e. The Hall–Kier alpha value is -1.87. The van der Waals surface area contributed by atoms with Crippen LogP contribution in [0, 0.1) is 0 Å². The van der Waals surface area contributed by atoms with Gasteiger partial charge in [0.2, 0.25) is 0 Å². The molecule has 0 aliphatic carbocycles. The van der Waals surface area contributed by atoms with Gasteiger partial charge in [-0.05, 0) is 17.5 Å². The van der Waals surface area contributed by atoms with Crippen molar-refractivity contribution < 1.29 is 4.74 Å². The molecular formula is C14H13NO2. The molecule has 3 heteroatoms. The second-order valence-electron chi connectivity index (χ2n) is 4.16. The molecule has 17 heavy (non-hydrogen) atoms. The Kier molecular flexibility index (Phi) is 2.53. The van der Waals surface area contributed by atoms with E-state index in [1.807, 2.05) is 24.4 Å². The Balaban J connectivity index is 2.22. The van der Waals surface area contributed by atoms with Crippen LogP contribution in [-0.2, 0) is 17.8 Å². The van der Waals surface area contributed by atoms with Crippen molar-refractivity contribution in [3.8, 4) is 11.1 Å². The monoisotopic (exact) mass is 227 g/mol. The molecule has 0 bridgehead atoms. The van der Waals surface area contributed by atoms with Gasteiger partial charge in [-0.15, -0.1) is 0 Å². The second kappa shape index (κ2) is 4.18. The first-order valence-corrected chi connectivity index (χ1v) is 5.73. The van der Waals surface area contributed by atoms with Crippen molar-refractivity contribution in [3.05, 3.63) is 58.0 Å². The van der Waals surface area contributed by atoms with Crippen molar-refractivity contribution >= 4 is 0 Å². The normalized spacial score (nSPS) is 14.4. The zero-order valence-corrected chi connectivity index (χ0v) is 9.40. The first-order chi connectivity index (χ1) is 8.36. The molecule has 0 spiro atoms. The van der Waals surface area contributed by atoms with E-state index in [9.17, 15) is 4.79 Å². The lowest BCUT2D eigenvalue weighted by molar-refractivity contribution is 0.110. The van der Waals surface area contributed by atoms with Gasteiger partial charge in [-0.1, -0.05) is 30.3 Å². The maximum absolute atomic E-state index is 11.7. The quantitative estimate of drug-likeness (QED) is 0.810. The minimum Gasteiger partial charge on any atom is -0.376 e. The van der Waals surface area contributed by atoms with Gasteiger partial charge < -0.3 is 9.72 Å². The van der Waals surface area contributed by atoms with Crippen LogP contribution in [0.15, 0.2) is 41.3 Å². The van der Waals surface area contributed by atoms with Crippen molar-refractivity contribution in [3.63, 3.8) is 0 Å². The van der Waals surface area contributed by atoms with Gasteiger partial charge in [-0.25, -0.2) is 0 Å². The fraction of sp³-hybridized carbons (Fsp3) is 0.214. The van der Waals surface area contributed by atoms with Gasteiger partial charge in [0.25, 0.3) is 5.56 Å². The molecule has 3 rings (SSSR count). The number of aromatic amines is 1. The van der Waals surface area contributed by atoms with Crippen LogP contribution in [0.25, 0.3) is 11.1 Å². The van der Waals surface area contributed by atoms with Gasteiger partial charge in [-0.2, -0.15) is 0 Å². The summed E-state index contributed by atoms with van der Waals surface area (Å²) in [7, 11) is 0.